The van der Waals surface area contributed by atoms with Gasteiger partial charge in [-0.25, -0.2) is 0 Å². The molecule has 0 amide bonds. The summed E-state index contributed by atoms with van der Waals surface area (Å²) >= 11 is 0. The fourth-order valence-corrected chi connectivity index (χ4v) is 2.42. The van der Waals surface area contributed by atoms with Crippen LogP contribution in [0.25, 0.3) is 0 Å². The van der Waals surface area contributed by atoms with Crippen molar-refractivity contribution in [1.82, 2.24) is 0 Å². The molecule has 2 rings (SSSR count). The SMILES string of the molecule is COc1cc(OC(F)(F)F)ccc1[C@@H](N)[C@@H](O)C1CCC1. The van der Waals surface area contributed by atoms with Gasteiger partial charge in [0, 0.05) is 11.6 Å². The van der Waals surface area contributed by atoms with E-state index in [4.69, 9.17) is 10.5 Å². The van der Waals surface area contributed by atoms with Gasteiger partial charge in [-0.15, -0.1) is 13.2 Å². The third-order valence-electron chi connectivity index (χ3n) is 3.80. The Bertz CT molecular complexity index is 489. The lowest BCUT2D eigenvalue weighted by Crippen LogP contribution is -2.36. The Balaban J connectivity index is 2.19. The van der Waals surface area contributed by atoms with Gasteiger partial charge in [-0.2, -0.15) is 0 Å². The molecule has 0 bridgehead atoms. The van der Waals surface area contributed by atoms with E-state index in [2.05, 4.69) is 4.74 Å². The summed E-state index contributed by atoms with van der Waals surface area (Å²) in [6.07, 6.45) is -2.62. The van der Waals surface area contributed by atoms with Crippen molar-refractivity contribution >= 4 is 0 Å². The van der Waals surface area contributed by atoms with Crippen LogP contribution in [-0.4, -0.2) is 24.7 Å². The van der Waals surface area contributed by atoms with Gasteiger partial charge in [0.15, 0.2) is 0 Å². The predicted molar refractivity (Wildman–Crippen MR) is 70.0 cm³/mol. The molecule has 21 heavy (non-hydrogen) atoms. The van der Waals surface area contributed by atoms with Gasteiger partial charge in [-0.1, -0.05) is 6.42 Å². The molecule has 4 nitrogen and oxygen atoms in total. The van der Waals surface area contributed by atoms with Crippen molar-refractivity contribution in [2.45, 2.75) is 37.8 Å². The molecule has 1 aliphatic carbocycles. The molecule has 0 radical (unpaired) electrons. The number of hydrogen-bond donors (Lipinski definition) is 2. The average Bonchev–Trinajstić information content (AvgIpc) is 2.33. The van der Waals surface area contributed by atoms with E-state index in [1.165, 1.54) is 19.2 Å². The first-order valence-electron chi connectivity index (χ1n) is 6.69. The minimum Gasteiger partial charge on any atom is -0.496 e. The highest BCUT2D eigenvalue weighted by Gasteiger charge is 2.33. The van der Waals surface area contributed by atoms with Crippen LogP contribution < -0.4 is 15.2 Å². The van der Waals surface area contributed by atoms with Crippen molar-refractivity contribution in [3.63, 3.8) is 0 Å². The van der Waals surface area contributed by atoms with E-state index >= 15 is 0 Å². The van der Waals surface area contributed by atoms with Crippen LogP contribution in [0, 0.1) is 5.92 Å². The van der Waals surface area contributed by atoms with Gasteiger partial charge >= 0.3 is 6.36 Å². The molecule has 0 aromatic heterocycles. The van der Waals surface area contributed by atoms with Crippen molar-refractivity contribution in [2.75, 3.05) is 7.11 Å². The number of aliphatic hydroxyl groups is 1. The van der Waals surface area contributed by atoms with Crippen LogP contribution in [0.2, 0.25) is 0 Å². The molecule has 118 valence electrons. The summed E-state index contributed by atoms with van der Waals surface area (Å²) < 4.78 is 45.5. The molecule has 1 aliphatic rings. The topological polar surface area (TPSA) is 64.7 Å². The van der Waals surface area contributed by atoms with E-state index in [0.717, 1.165) is 25.3 Å². The van der Waals surface area contributed by atoms with Crippen LogP contribution in [0.1, 0.15) is 30.9 Å². The van der Waals surface area contributed by atoms with Gasteiger partial charge < -0.3 is 20.3 Å². The summed E-state index contributed by atoms with van der Waals surface area (Å²) in [5, 5.41) is 10.2. The van der Waals surface area contributed by atoms with E-state index in [9.17, 15) is 18.3 Å². The summed E-state index contributed by atoms with van der Waals surface area (Å²) in [5.74, 6) is -0.0770. The Hall–Kier alpha value is -1.47. The molecule has 1 aromatic carbocycles. The second kappa shape index (κ2) is 6.11. The molecule has 1 fully saturated rings. The van der Waals surface area contributed by atoms with Gasteiger partial charge in [0.05, 0.1) is 19.3 Å². The first-order valence-corrected chi connectivity index (χ1v) is 6.69. The zero-order valence-corrected chi connectivity index (χ0v) is 11.6. The third-order valence-corrected chi connectivity index (χ3v) is 3.80. The average molecular weight is 305 g/mol. The normalized spacial score (nSPS) is 18.8. The van der Waals surface area contributed by atoms with E-state index in [0.29, 0.717) is 5.56 Å². The molecular formula is C14H18F3NO3. The number of benzene rings is 1. The van der Waals surface area contributed by atoms with Gasteiger partial charge in [-0.05, 0) is 30.9 Å². The summed E-state index contributed by atoms with van der Waals surface area (Å²) in [6, 6.07) is 2.98. The maximum Gasteiger partial charge on any atom is 0.573 e. The Labute approximate surface area is 120 Å². The summed E-state index contributed by atoms with van der Waals surface area (Å²) in [7, 11) is 1.33. The highest BCUT2D eigenvalue weighted by Crippen LogP contribution is 2.38. The lowest BCUT2D eigenvalue weighted by Gasteiger charge is -2.34. The van der Waals surface area contributed by atoms with Crippen LogP contribution in [0.3, 0.4) is 0 Å². The number of rotatable bonds is 5. The van der Waals surface area contributed by atoms with Crippen molar-refractivity contribution in [3.8, 4) is 11.5 Å². The molecule has 7 heteroatoms. The number of alkyl halides is 3. The minimum absolute atomic E-state index is 0.135. The molecule has 3 N–H and O–H groups in total. The summed E-state index contributed by atoms with van der Waals surface area (Å²) in [4.78, 5) is 0. The van der Waals surface area contributed by atoms with Gasteiger partial charge in [-0.3, -0.25) is 0 Å². The number of ether oxygens (including phenoxy) is 2. The van der Waals surface area contributed by atoms with E-state index in [1.807, 2.05) is 0 Å². The molecule has 0 saturated heterocycles. The molecule has 0 heterocycles. The Morgan fingerprint density at radius 1 is 1.33 bits per heavy atom. The molecule has 0 spiro atoms. The monoisotopic (exact) mass is 305 g/mol. The van der Waals surface area contributed by atoms with E-state index in [-0.39, 0.29) is 17.4 Å². The Kier molecular flexibility index (Phi) is 4.63. The van der Waals surface area contributed by atoms with Gasteiger partial charge in [0.25, 0.3) is 0 Å². The second-order valence-corrected chi connectivity index (χ2v) is 5.16. The van der Waals surface area contributed by atoms with Crippen LogP contribution in [0.5, 0.6) is 11.5 Å². The lowest BCUT2D eigenvalue weighted by molar-refractivity contribution is -0.274. The Morgan fingerprint density at radius 2 is 2.00 bits per heavy atom. The van der Waals surface area contributed by atoms with Gasteiger partial charge in [0.1, 0.15) is 11.5 Å². The fourth-order valence-electron chi connectivity index (χ4n) is 2.42. The van der Waals surface area contributed by atoms with E-state index < -0.39 is 18.5 Å². The highest BCUT2D eigenvalue weighted by molar-refractivity contribution is 5.43. The van der Waals surface area contributed by atoms with Crippen molar-refractivity contribution < 1.29 is 27.8 Å². The maximum absolute atomic E-state index is 12.2. The number of halogens is 3. The highest BCUT2D eigenvalue weighted by atomic mass is 19.4. The molecule has 1 saturated carbocycles. The maximum atomic E-state index is 12.2. The fraction of sp³-hybridized carbons (Fsp3) is 0.571. The zero-order valence-electron chi connectivity index (χ0n) is 11.6. The molecule has 2 atom stereocenters. The number of methoxy groups -OCH3 is 1. The van der Waals surface area contributed by atoms with Crippen LogP contribution in [0.4, 0.5) is 13.2 Å². The first kappa shape index (κ1) is 15.9. The number of nitrogens with two attached hydrogens (primary N) is 1. The molecule has 1 aromatic rings. The minimum atomic E-state index is -4.76. The van der Waals surface area contributed by atoms with Crippen molar-refractivity contribution in [1.29, 1.82) is 0 Å². The zero-order chi connectivity index (χ0) is 15.6. The summed E-state index contributed by atoms with van der Waals surface area (Å²) in [5.41, 5.74) is 6.47. The third kappa shape index (κ3) is 3.79. The van der Waals surface area contributed by atoms with Crippen molar-refractivity contribution in [3.05, 3.63) is 23.8 Å². The quantitative estimate of drug-likeness (QED) is 0.878. The number of hydrogen-bond acceptors (Lipinski definition) is 4. The van der Waals surface area contributed by atoms with E-state index in [1.54, 1.807) is 0 Å². The largest absolute Gasteiger partial charge is 0.573 e. The van der Waals surface area contributed by atoms with Crippen LogP contribution in [-0.2, 0) is 0 Å². The first-order chi connectivity index (χ1) is 9.81. The lowest BCUT2D eigenvalue weighted by atomic mass is 9.77. The number of aliphatic hydroxyl groups excluding tert-OH is 1. The smallest absolute Gasteiger partial charge is 0.496 e. The molecule has 0 unspecified atom stereocenters. The van der Waals surface area contributed by atoms with Crippen molar-refractivity contribution in [2.24, 2.45) is 11.7 Å². The predicted octanol–water partition coefficient (Wildman–Crippen LogP) is 2.75. The molecule has 0 aliphatic heterocycles. The van der Waals surface area contributed by atoms with Gasteiger partial charge in [0.2, 0.25) is 0 Å². The molecular weight excluding hydrogens is 287 g/mol. The second-order valence-electron chi connectivity index (χ2n) is 5.16. The van der Waals surface area contributed by atoms with Crippen LogP contribution in [0.15, 0.2) is 18.2 Å². The summed E-state index contributed by atoms with van der Waals surface area (Å²) in [6.45, 7) is 0. The van der Waals surface area contributed by atoms with Crippen LogP contribution >= 0.6 is 0 Å². The Morgan fingerprint density at radius 3 is 2.48 bits per heavy atom. The standard InChI is InChI=1S/C14H18F3NO3/c1-20-11-7-9(21-14(15,16)17)5-6-10(11)12(18)13(19)8-3-2-4-8/h5-8,12-13,19H,2-4,18H2,1H3/t12-,13+/m1/s1.